The van der Waals surface area contributed by atoms with Gasteiger partial charge < -0.3 is 24.3 Å². The molecule has 2 N–H and O–H groups in total. The number of carbonyl (C=O) groups excluding carboxylic acids is 3. The van der Waals surface area contributed by atoms with Crippen LogP contribution in [0.1, 0.15) is 28.8 Å². The second-order valence-corrected chi connectivity index (χ2v) is 9.73. The lowest BCUT2D eigenvalue weighted by molar-refractivity contribution is -0.127. The van der Waals surface area contributed by atoms with Gasteiger partial charge in [0.05, 0.1) is 11.5 Å². The zero-order valence-corrected chi connectivity index (χ0v) is 22.3. The summed E-state index contributed by atoms with van der Waals surface area (Å²) in [5, 5.41) is 11.1. The van der Waals surface area contributed by atoms with E-state index in [1.165, 1.54) is 18.2 Å². The molecule has 10 nitrogen and oxygen atoms in total. The van der Waals surface area contributed by atoms with Crippen molar-refractivity contribution in [3.05, 3.63) is 81.1 Å². The van der Waals surface area contributed by atoms with E-state index in [-0.39, 0.29) is 17.3 Å². The number of anilines is 1. The fourth-order valence-electron chi connectivity index (χ4n) is 3.39. The molecule has 2 aromatic carbocycles. The number of furan rings is 1. The summed E-state index contributed by atoms with van der Waals surface area (Å²) in [4.78, 5) is 49.7. The van der Waals surface area contributed by atoms with Gasteiger partial charge in [-0.2, -0.15) is 0 Å². The quantitative estimate of drug-likeness (QED) is 0.293. The van der Waals surface area contributed by atoms with Crippen LogP contribution in [0.3, 0.4) is 0 Å². The Labute approximate surface area is 229 Å². The molecule has 1 aromatic heterocycles. The first kappa shape index (κ1) is 27.0. The van der Waals surface area contributed by atoms with E-state index >= 15 is 0 Å². The molecule has 38 heavy (non-hydrogen) atoms. The number of ether oxygens (including phenoxy) is 2. The number of amides is 3. The first-order valence-electron chi connectivity index (χ1n) is 11.3. The molecule has 2 heterocycles. The molecular formula is C26H21BrN2O8S. The number of hydrogen-bond donors (Lipinski definition) is 2. The van der Waals surface area contributed by atoms with Crippen LogP contribution < -0.4 is 14.8 Å². The van der Waals surface area contributed by atoms with Gasteiger partial charge in [-0.15, -0.1) is 0 Å². The van der Waals surface area contributed by atoms with Crippen LogP contribution in [-0.4, -0.2) is 46.2 Å². The summed E-state index contributed by atoms with van der Waals surface area (Å²) in [6.07, 6.45) is 1.54. The highest BCUT2D eigenvalue weighted by molar-refractivity contribution is 9.10. The third kappa shape index (κ3) is 6.64. The van der Waals surface area contributed by atoms with Crippen LogP contribution >= 0.6 is 27.7 Å². The zero-order valence-electron chi connectivity index (χ0n) is 19.9. The van der Waals surface area contributed by atoms with E-state index in [1.807, 2.05) is 0 Å². The first-order chi connectivity index (χ1) is 18.2. The van der Waals surface area contributed by atoms with Crippen molar-refractivity contribution >= 4 is 62.5 Å². The standard InChI is InChI=1S/C26H21BrN2O8S/c1-2-35-21-11-15(3-9-19(21)36-14-18-8-10-20(37-18)25(32)33)12-22-24(31)29(26(34)38-22)13-23(30)28-17-6-4-16(27)5-7-17/h3-12H,2,13-14H2,1H3,(H,28,30)(H,32,33). The SMILES string of the molecule is CCOc1cc(C=C2SC(=O)N(CC(=O)Nc3ccc(Br)cc3)C2=O)ccc1OCc1ccc(C(=O)O)o1. The monoisotopic (exact) mass is 600 g/mol. The van der Waals surface area contributed by atoms with Gasteiger partial charge >= 0.3 is 5.97 Å². The van der Waals surface area contributed by atoms with Crippen molar-refractivity contribution in [2.75, 3.05) is 18.5 Å². The molecule has 1 aliphatic rings. The van der Waals surface area contributed by atoms with Crippen LogP contribution in [0.15, 0.2) is 68.4 Å². The minimum absolute atomic E-state index is 0.0199. The number of aromatic carboxylic acids is 1. The predicted molar refractivity (Wildman–Crippen MR) is 143 cm³/mol. The smallest absolute Gasteiger partial charge is 0.371 e. The molecule has 0 radical (unpaired) electrons. The fourth-order valence-corrected chi connectivity index (χ4v) is 4.49. The zero-order chi connectivity index (χ0) is 27.2. The van der Waals surface area contributed by atoms with Gasteiger partial charge in [0.1, 0.15) is 18.9 Å². The molecule has 1 saturated heterocycles. The molecule has 12 heteroatoms. The lowest BCUT2D eigenvalue weighted by Gasteiger charge is -2.13. The van der Waals surface area contributed by atoms with Gasteiger partial charge in [-0.1, -0.05) is 22.0 Å². The van der Waals surface area contributed by atoms with Crippen LogP contribution in [0.5, 0.6) is 11.5 Å². The highest BCUT2D eigenvalue weighted by atomic mass is 79.9. The Hall–Kier alpha value is -4.03. The van der Waals surface area contributed by atoms with Gasteiger partial charge in [0, 0.05) is 10.2 Å². The second kappa shape index (κ2) is 12.0. The first-order valence-corrected chi connectivity index (χ1v) is 12.9. The lowest BCUT2D eigenvalue weighted by Crippen LogP contribution is -2.36. The van der Waals surface area contributed by atoms with Gasteiger partial charge in [0.2, 0.25) is 11.7 Å². The van der Waals surface area contributed by atoms with E-state index in [1.54, 1.807) is 49.4 Å². The number of carboxylic acid groups (broad SMARTS) is 1. The average molecular weight is 601 g/mol. The Morgan fingerprint density at radius 1 is 1.08 bits per heavy atom. The van der Waals surface area contributed by atoms with Gasteiger partial charge in [-0.25, -0.2) is 4.79 Å². The van der Waals surface area contributed by atoms with E-state index < -0.39 is 29.6 Å². The summed E-state index contributed by atoms with van der Waals surface area (Å²) in [6.45, 7) is 1.71. The highest BCUT2D eigenvalue weighted by Crippen LogP contribution is 2.35. The number of thioether (sulfide) groups is 1. The van der Waals surface area contributed by atoms with Crippen molar-refractivity contribution in [3.63, 3.8) is 0 Å². The van der Waals surface area contributed by atoms with Crippen LogP contribution in [0.25, 0.3) is 6.08 Å². The van der Waals surface area contributed by atoms with Crippen LogP contribution in [0.2, 0.25) is 0 Å². The maximum Gasteiger partial charge on any atom is 0.371 e. The number of benzene rings is 2. The minimum atomic E-state index is -1.18. The number of nitrogens with zero attached hydrogens (tertiary/aromatic N) is 1. The average Bonchev–Trinajstić information content (AvgIpc) is 3.46. The molecular weight excluding hydrogens is 580 g/mol. The number of carbonyl (C=O) groups is 4. The second-order valence-electron chi connectivity index (χ2n) is 7.82. The summed E-state index contributed by atoms with van der Waals surface area (Å²) in [6, 6.07) is 14.7. The predicted octanol–water partition coefficient (Wildman–Crippen LogP) is 5.39. The van der Waals surface area contributed by atoms with E-state index in [4.69, 9.17) is 19.0 Å². The number of hydrogen-bond acceptors (Lipinski definition) is 8. The Bertz CT molecular complexity index is 1420. The molecule has 0 saturated carbocycles. The van der Waals surface area contributed by atoms with Crippen molar-refractivity contribution in [1.29, 1.82) is 0 Å². The van der Waals surface area contributed by atoms with Crippen molar-refractivity contribution in [2.24, 2.45) is 0 Å². The molecule has 196 valence electrons. The number of carboxylic acids is 1. The Kier molecular flexibility index (Phi) is 8.54. The molecule has 0 atom stereocenters. The molecule has 4 rings (SSSR count). The van der Waals surface area contributed by atoms with Gasteiger partial charge in [-0.05, 0) is 78.9 Å². The van der Waals surface area contributed by atoms with Gasteiger partial charge in [0.15, 0.2) is 11.5 Å². The molecule has 0 spiro atoms. The molecule has 1 fully saturated rings. The normalized spacial score (nSPS) is 14.2. The summed E-state index contributed by atoms with van der Waals surface area (Å²) >= 11 is 4.06. The Morgan fingerprint density at radius 2 is 1.84 bits per heavy atom. The number of imide groups is 1. The highest BCUT2D eigenvalue weighted by Gasteiger charge is 2.36. The lowest BCUT2D eigenvalue weighted by atomic mass is 10.2. The fraction of sp³-hybridized carbons (Fsp3) is 0.154. The van der Waals surface area contributed by atoms with Crippen molar-refractivity contribution in [2.45, 2.75) is 13.5 Å². The largest absolute Gasteiger partial charge is 0.490 e. The maximum absolute atomic E-state index is 12.9. The number of halogens is 1. The summed E-state index contributed by atoms with van der Waals surface area (Å²) in [5.41, 5.74) is 1.12. The van der Waals surface area contributed by atoms with Gasteiger partial charge in [-0.3, -0.25) is 19.3 Å². The topological polar surface area (TPSA) is 135 Å². The van der Waals surface area contributed by atoms with Gasteiger partial charge in [0.25, 0.3) is 11.1 Å². The molecule has 1 aliphatic heterocycles. The van der Waals surface area contributed by atoms with E-state index in [2.05, 4.69) is 21.2 Å². The Balaban J connectivity index is 1.43. The molecule has 3 amide bonds. The number of rotatable bonds is 10. The Morgan fingerprint density at radius 3 is 2.53 bits per heavy atom. The van der Waals surface area contributed by atoms with E-state index in [9.17, 15) is 19.2 Å². The third-order valence-electron chi connectivity index (χ3n) is 5.11. The molecule has 3 aromatic rings. The molecule has 0 aliphatic carbocycles. The van der Waals surface area contributed by atoms with Crippen molar-refractivity contribution in [1.82, 2.24) is 4.90 Å². The summed E-state index contributed by atoms with van der Waals surface area (Å²) in [7, 11) is 0. The molecule has 0 unspecified atom stereocenters. The van der Waals surface area contributed by atoms with Crippen LogP contribution in [0.4, 0.5) is 10.5 Å². The van der Waals surface area contributed by atoms with Crippen molar-refractivity contribution in [3.8, 4) is 11.5 Å². The molecule has 0 bridgehead atoms. The minimum Gasteiger partial charge on any atom is -0.490 e. The summed E-state index contributed by atoms with van der Waals surface area (Å²) < 4.78 is 17.4. The van der Waals surface area contributed by atoms with E-state index in [0.29, 0.717) is 35.1 Å². The van der Waals surface area contributed by atoms with E-state index in [0.717, 1.165) is 21.1 Å². The van der Waals surface area contributed by atoms with Crippen molar-refractivity contribution < 1.29 is 38.2 Å². The van der Waals surface area contributed by atoms with Crippen LogP contribution in [0, 0.1) is 0 Å². The van der Waals surface area contributed by atoms with Crippen LogP contribution in [-0.2, 0) is 16.2 Å². The summed E-state index contributed by atoms with van der Waals surface area (Å²) in [5.74, 6) is -1.34. The maximum atomic E-state index is 12.9. The number of nitrogens with one attached hydrogen (secondary N) is 1. The third-order valence-corrected chi connectivity index (χ3v) is 6.55.